The number of nitrogens with one attached hydrogen (secondary N) is 1. The quantitative estimate of drug-likeness (QED) is 0.554. The van der Waals surface area contributed by atoms with E-state index in [1.165, 1.54) is 5.56 Å². The second-order valence-electron chi connectivity index (χ2n) is 5.71. The van der Waals surface area contributed by atoms with Crippen LogP contribution in [0, 0.1) is 6.92 Å². The molecular weight excluding hydrogens is 330 g/mol. The van der Waals surface area contributed by atoms with E-state index in [1.807, 2.05) is 49.6 Å². The fourth-order valence-corrected chi connectivity index (χ4v) is 3.05. The molecule has 2 aromatic carbocycles. The van der Waals surface area contributed by atoms with Crippen LogP contribution in [0.25, 0.3) is 11.1 Å². The van der Waals surface area contributed by atoms with E-state index in [4.69, 9.17) is 0 Å². The molecule has 0 unspecified atom stereocenters. The molecule has 4 nitrogen and oxygen atoms in total. The summed E-state index contributed by atoms with van der Waals surface area (Å²) in [5.41, 5.74) is 7.45. The number of nitrogens with zero attached hydrogens (tertiary/aromatic N) is 2. The van der Waals surface area contributed by atoms with Crippen molar-refractivity contribution in [3.63, 3.8) is 0 Å². The van der Waals surface area contributed by atoms with E-state index >= 15 is 0 Å². The second kappa shape index (κ2) is 7.85. The molecule has 1 amide bonds. The number of rotatable bonds is 5. The van der Waals surface area contributed by atoms with Crippen molar-refractivity contribution in [2.45, 2.75) is 20.3 Å². The van der Waals surface area contributed by atoms with Crippen LogP contribution in [0.15, 0.2) is 65.1 Å². The maximum absolute atomic E-state index is 11.9. The SMILES string of the molecule is CC(=NNC(=O)Cc1csc(C)n1)c1ccc(-c2ccccc2)cc1. The molecule has 1 N–H and O–H groups in total. The van der Waals surface area contributed by atoms with E-state index < -0.39 is 0 Å². The maximum atomic E-state index is 11.9. The molecule has 126 valence electrons. The number of hydrogen-bond acceptors (Lipinski definition) is 4. The molecule has 1 aromatic heterocycles. The number of aryl methyl sites for hydroxylation is 1. The summed E-state index contributed by atoms with van der Waals surface area (Å²) in [4.78, 5) is 16.2. The van der Waals surface area contributed by atoms with Crippen LogP contribution < -0.4 is 5.43 Å². The average molecular weight is 349 g/mol. The topological polar surface area (TPSA) is 54.4 Å². The highest BCUT2D eigenvalue weighted by Crippen LogP contribution is 2.19. The van der Waals surface area contributed by atoms with Crippen LogP contribution in [0.4, 0.5) is 0 Å². The number of amides is 1. The van der Waals surface area contributed by atoms with Crippen molar-refractivity contribution >= 4 is 23.0 Å². The van der Waals surface area contributed by atoms with Crippen LogP contribution in [0.1, 0.15) is 23.2 Å². The molecule has 0 bridgehead atoms. The summed E-state index contributed by atoms with van der Waals surface area (Å²) in [7, 11) is 0. The zero-order valence-corrected chi connectivity index (χ0v) is 15.0. The molecule has 0 saturated heterocycles. The van der Waals surface area contributed by atoms with E-state index in [2.05, 4.69) is 39.8 Å². The van der Waals surface area contributed by atoms with Crippen LogP contribution in [-0.2, 0) is 11.2 Å². The first-order valence-electron chi connectivity index (χ1n) is 8.02. The Hall–Kier alpha value is -2.79. The first kappa shape index (κ1) is 17.0. The third-order valence-corrected chi connectivity index (χ3v) is 4.59. The number of hydrazone groups is 1. The Morgan fingerprint density at radius 2 is 1.76 bits per heavy atom. The predicted molar refractivity (Wildman–Crippen MR) is 103 cm³/mol. The molecule has 1 heterocycles. The van der Waals surface area contributed by atoms with Crippen LogP contribution in [0.5, 0.6) is 0 Å². The molecule has 0 radical (unpaired) electrons. The largest absolute Gasteiger partial charge is 0.273 e. The summed E-state index contributed by atoms with van der Waals surface area (Å²) in [6, 6.07) is 18.4. The van der Waals surface area contributed by atoms with Gasteiger partial charge >= 0.3 is 0 Å². The van der Waals surface area contributed by atoms with E-state index in [1.54, 1.807) is 11.3 Å². The van der Waals surface area contributed by atoms with Gasteiger partial charge in [0.1, 0.15) is 0 Å². The molecule has 3 rings (SSSR count). The van der Waals surface area contributed by atoms with Crippen LogP contribution in [0.2, 0.25) is 0 Å². The minimum atomic E-state index is -0.162. The van der Waals surface area contributed by atoms with Crippen molar-refractivity contribution in [3.8, 4) is 11.1 Å². The average Bonchev–Trinajstić information content (AvgIpc) is 3.05. The van der Waals surface area contributed by atoms with Gasteiger partial charge in [-0.05, 0) is 30.5 Å². The first-order chi connectivity index (χ1) is 12.1. The highest BCUT2D eigenvalue weighted by molar-refractivity contribution is 7.09. The Balaban J connectivity index is 1.63. The molecule has 0 saturated carbocycles. The third kappa shape index (κ3) is 4.61. The molecule has 0 fully saturated rings. The smallest absolute Gasteiger partial charge is 0.246 e. The van der Waals surface area contributed by atoms with E-state index in [-0.39, 0.29) is 12.3 Å². The molecule has 0 aliphatic rings. The molecule has 25 heavy (non-hydrogen) atoms. The summed E-state index contributed by atoms with van der Waals surface area (Å²) >= 11 is 1.54. The Kier molecular flexibility index (Phi) is 5.36. The Bertz CT molecular complexity index is 883. The van der Waals surface area contributed by atoms with Gasteiger partial charge in [-0.1, -0.05) is 54.6 Å². The van der Waals surface area contributed by atoms with Gasteiger partial charge in [0, 0.05) is 5.38 Å². The molecule has 0 aliphatic carbocycles. The van der Waals surface area contributed by atoms with Gasteiger partial charge < -0.3 is 0 Å². The second-order valence-corrected chi connectivity index (χ2v) is 6.77. The molecule has 5 heteroatoms. The molecule has 0 aliphatic heterocycles. The molecule has 0 atom stereocenters. The monoisotopic (exact) mass is 349 g/mol. The van der Waals surface area contributed by atoms with Crippen LogP contribution in [-0.4, -0.2) is 16.6 Å². The van der Waals surface area contributed by atoms with Gasteiger partial charge in [-0.2, -0.15) is 5.10 Å². The number of carbonyl (C=O) groups excluding carboxylic acids is 1. The van der Waals surface area contributed by atoms with Gasteiger partial charge in [0.2, 0.25) is 5.91 Å². The zero-order valence-electron chi connectivity index (χ0n) is 14.2. The van der Waals surface area contributed by atoms with Crippen LogP contribution in [0.3, 0.4) is 0 Å². The van der Waals surface area contributed by atoms with Gasteiger partial charge in [-0.3, -0.25) is 4.79 Å². The van der Waals surface area contributed by atoms with Crippen molar-refractivity contribution < 1.29 is 4.79 Å². The van der Waals surface area contributed by atoms with Gasteiger partial charge in [-0.15, -0.1) is 11.3 Å². The lowest BCUT2D eigenvalue weighted by molar-refractivity contribution is -0.120. The van der Waals surface area contributed by atoms with Gasteiger partial charge in [0.05, 0.1) is 22.8 Å². The maximum Gasteiger partial charge on any atom is 0.246 e. The van der Waals surface area contributed by atoms with Crippen molar-refractivity contribution in [2.75, 3.05) is 0 Å². The zero-order chi connectivity index (χ0) is 17.6. The van der Waals surface area contributed by atoms with E-state index in [0.717, 1.165) is 27.5 Å². The fraction of sp³-hybridized carbons (Fsp3) is 0.150. The summed E-state index contributed by atoms with van der Waals surface area (Å²) in [6.45, 7) is 3.80. The molecular formula is C20H19N3OS. The number of thiazole rings is 1. The van der Waals surface area contributed by atoms with Crippen molar-refractivity contribution in [1.82, 2.24) is 10.4 Å². The number of hydrogen-bond donors (Lipinski definition) is 1. The fourth-order valence-electron chi connectivity index (χ4n) is 2.44. The Morgan fingerprint density at radius 1 is 1.08 bits per heavy atom. The van der Waals surface area contributed by atoms with E-state index in [0.29, 0.717) is 0 Å². The van der Waals surface area contributed by atoms with Crippen molar-refractivity contribution in [1.29, 1.82) is 0 Å². The first-order valence-corrected chi connectivity index (χ1v) is 8.90. The number of carbonyl (C=O) groups is 1. The summed E-state index contributed by atoms with van der Waals surface area (Å²) in [5.74, 6) is -0.162. The summed E-state index contributed by atoms with van der Waals surface area (Å²) < 4.78 is 0. The van der Waals surface area contributed by atoms with Crippen molar-refractivity contribution in [3.05, 3.63) is 76.2 Å². The van der Waals surface area contributed by atoms with Gasteiger partial charge in [0.25, 0.3) is 0 Å². The lowest BCUT2D eigenvalue weighted by Crippen LogP contribution is -2.21. The third-order valence-electron chi connectivity index (χ3n) is 3.77. The highest BCUT2D eigenvalue weighted by Gasteiger charge is 2.06. The van der Waals surface area contributed by atoms with Crippen molar-refractivity contribution in [2.24, 2.45) is 5.10 Å². The van der Waals surface area contributed by atoms with Crippen LogP contribution >= 0.6 is 11.3 Å². The molecule has 0 spiro atoms. The van der Waals surface area contributed by atoms with E-state index in [9.17, 15) is 4.79 Å². The van der Waals surface area contributed by atoms with Gasteiger partial charge in [-0.25, -0.2) is 10.4 Å². The standard InChI is InChI=1S/C20H19N3OS/c1-14(22-23-20(24)12-19-13-25-15(2)21-19)16-8-10-18(11-9-16)17-6-4-3-5-7-17/h3-11,13H,12H2,1-2H3,(H,23,24). The molecule has 3 aromatic rings. The lowest BCUT2D eigenvalue weighted by atomic mass is 10.0. The minimum Gasteiger partial charge on any atom is -0.273 e. The highest BCUT2D eigenvalue weighted by atomic mass is 32.1. The van der Waals surface area contributed by atoms with Gasteiger partial charge in [0.15, 0.2) is 0 Å². The number of aromatic nitrogens is 1. The normalized spacial score (nSPS) is 11.4. The lowest BCUT2D eigenvalue weighted by Gasteiger charge is -2.05. The Morgan fingerprint density at radius 3 is 2.40 bits per heavy atom. The minimum absolute atomic E-state index is 0.162. The summed E-state index contributed by atoms with van der Waals surface area (Å²) in [6.07, 6.45) is 0.244. The Labute approximate surface area is 151 Å². The predicted octanol–water partition coefficient (Wildman–Crippen LogP) is 4.20. The summed E-state index contributed by atoms with van der Waals surface area (Å²) in [5, 5.41) is 7.05. The number of benzene rings is 2.